The Hall–Kier alpha value is -1.55. The smallest absolute Gasteiger partial charge is 0.0539 e. The van der Waals surface area contributed by atoms with E-state index in [2.05, 4.69) is 40.5 Å². The lowest BCUT2D eigenvalue weighted by atomic mass is 9.91. The normalized spacial score (nSPS) is 18.2. The summed E-state index contributed by atoms with van der Waals surface area (Å²) in [4.78, 5) is 0. The predicted octanol–water partition coefficient (Wildman–Crippen LogP) is 2.65. The molecule has 1 aliphatic carbocycles. The highest BCUT2D eigenvalue weighted by Gasteiger charge is 2.21. The lowest BCUT2D eigenvalue weighted by Gasteiger charge is -2.23. The van der Waals surface area contributed by atoms with Gasteiger partial charge in [0.2, 0.25) is 0 Å². The van der Waals surface area contributed by atoms with Gasteiger partial charge in [0.25, 0.3) is 0 Å². The van der Waals surface area contributed by atoms with Crippen molar-refractivity contribution in [3.05, 3.63) is 41.5 Å². The van der Waals surface area contributed by atoms with E-state index in [-0.39, 0.29) is 0 Å². The standard InChI is InChI=1S/C16H24N4/c1-3-7-17-16-6-4-5-14-11-20(12-15(14)16)10-13-8-18-19(2)9-13/h8-9,11-12,16-17H,3-7,10H2,1-2H3. The molecule has 1 atom stereocenters. The van der Waals surface area contributed by atoms with Gasteiger partial charge in [0.15, 0.2) is 0 Å². The first-order chi connectivity index (χ1) is 9.76. The van der Waals surface area contributed by atoms with Crippen molar-refractivity contribution in [3.63, 3.8) is 0 Å². The Bertz CT molecular complexity index is 567. The van der Waals surface area contributed by atoms with Gasteiger partial charge in [0.1, 0.15) is 0 Å². The summed E-state index contributed by atoms with van der Waals surface area (Å²) < 4.78 is 4.18. The average molecular weight is 272 g/mol. The zero-order valence-electron chi connectivity index (χ0n) is 12.5. The number of aryl methyl sites for hydroxylation is 2. The van der Waals surface area contributed by atoms with E-state index < -0.39 is 0 Å². The molecule has 0 amide bonds. The van der Waals surface area contributed by atoms with Crippen molar-refractivity contribution in [2.75, 3.05) is 6.54 Å². The van der Waals surface area contributed by atoms with Gasteiger partial charge in [-0.3, -0.25) is 4.68 Å². The quantitative estimate of drug-likeness (QED) is 0.908. The number of aromatic nitrogens is 3. The molecule has 0 saturated heterocycles. The Balaban J connectivity index is 1.76. The lowest BCUT2D eigenvalue weighted by molar-refractivity contribution is 0.462. The second-order valence-corrected chi connectivity index (χ2v) is 5.83. The summed E-state index contributed by atoms with van der Waals surface area (Å²) in [5.74, 6) is 0. The topological polar surface area (TPSA) is 34.8 Å². The zero-order valence-corrected chi connectivity index (χ0v) is 12.5. The first-order valence-electron chi connectivity index (χ1n) is 7.65. The molecule has 3 rings (SSSR count). The van der Waals surface area contributed by atoms with Crippen LogP contribution in [0.5, 0.6) is 0 Å². The minimum atomic E-state index is 0.550. The minimum absolute atomic E-state index is 0.550. The van der Waals surface area contributed by atoms with Crippen LogP contribution >= 0.6 is 0 Å². The van der Waals surface area contributed by atoms with E-state index in [4.69, 9.17) is 0 Å². The molecule has 20 heavy (non-hydrogen) atoms. The van der Waals surface area contributed by atoms with Gasteiger partial charge >= 0.3 is 0 Å². The van der Waals surface area contributed by atoms with Gasteiger partial charge in [0, 0.05) is 37.2 Å². The molecule has 4 nitrogen and oxygen atoms in total. The number of nitrogens with zero attached hydrogens (tertiary/aromatic N) is 3. The number of hydrogen-bond donors (Lipinski definition) is 1. The Kier molecular flexibility index (Phi) is 3.92. The van der Waals surface area contributed by atoms with E-state index >= 15 is 0 Å². The fourth-order valence-electron chi connectivity index (χ4n) is 3.13. The molecule has 2 aromatic heterocycles. The maximum absolute atomic E-state index is 4.24. The van der Waals surface area contributed by atoms with Crippen LogP contribution < -0.4 is 5.32 Å². The molecule has 2 aromatic rings. The molecular weight excluding hydrogens is 248 g/mol. The van der Waals surface area contributed by atoms with Crippen molar-refractivity contribution < 1.29 is 0 Å². The zero-order chi connectivity index (χ0) is 13.9. The van der Waals surface area contributed by atoms with Gasteiger partial charge in [-0.1, -0.05) is 6.92 Å². The minimum Gasteiger partial charge on any atom is -0.349 e. The van der Waals surface area contributed by atoms with Gasteiger partial charge in [-0.2, -0.15) is 5.10 Å². The Morgan fingerprint density at radius 1 is 1.35 bits per heavy atom. The SMILES string of the molecule is CCCNC1CCCc2cn(Cc3cnn(C)c3)cc21. The summed E-state index contributed by atoms with van der Waals surface area (Å²) in [5.41, 5.74) is 4.29. The Morgan fingerprint density at radius 2 is 2.25 bits per heavy atom. The number of hydrogen-bond acceptors (Lipinski definition) is 2. The highest BCUT2D eigenvalue weighted by atomic mass is 15.2. The van der Waals surface area contributed by atoms with Gasteiger partial charge in [0.05, 0.1) is 12.7 Å². The van der Waals surface area contributed by atoms with E-state index in [0.717, 1.165) is 13.1 Å². The van der Waals surface area contributed by atoms with E-state index in [0.29, 0.717) is 6.04 Å². The molecule has 4 heteroatoms. The molecule has 1 unspecified atom stereocenters. The number of fused-ring (bicyclic) bond motifs is 1. The summed E-state index contributed by atoms with van der Waals surface area (Å²) in [6.07, 6.45) is 13.7. The molecule has 1 aliphatic rings. The molecule has 0 saturated carbocycles. The van der Waals surface area contributed by atoms with E-state index in [1.165, 1.54) is 42.4 Å². The second kappa shape index (κ2) is 5.83. The molecule has 2 heterocycles. The fraction of sp³-hybridized carbons (Fsp3) is 0.562. The van der Waals surface area contributed by atoms with Crippen LogP contribution in [0.15, 0.2) is 24.8 Å². The average Bonchev–Trinajstić information content (AvgIpc) is 3.02. The van der Waals surface area contributed by atoms with E-state index in [1.54, 1.807) is 0 Å². The maximum atomic E-state index is 4.24. The van der Waals surface area contributed by atoms with Crippen LogP contribution in [0.2, 0.25) is 0 Å². The first kappa shape index (κ1) is 13.4. The maximum Gasteiger partial charge on any atom is 0.0539 e. The lowest BCUT2D eigenvalue weighted by Crippen LogP contribution is -2.24. The van der Waals surface area contributed by atoms with Crippen LogP contribution in [0.25, 0.3) is 0 Å². The van der Waals surface area contributed by atoms with Crippen LogP contribution in [0.1, 0.15) is 48.9 Å². The molecule has 0 radical (unpaired) electrons. The first-order valence-corrected chi connectivity index (χ1v) is 7.65. The van der Waals surface area contributed by atoms with Crippen molar-refractivity contribution in [1.82, 2.24) is 19.7 Å². The fourth-order valence-corrected chi connectivity index (χ4v) is 3.13. The van der Waals surface area contributed by atoms with Crippen molar-refractivity contribution >= 4 is 0 Å². The third-order valence-electron chi connectivity index (χ3n) is 4.08. The summed E-state index contributed by atoms with van der Waals surface area (Å²) >= 11 is 0. The van der Waals surface area contributed by atoms with E-state index in [1.807, 2.05) is 17.9 Å². The summed E-state index contributed by atoms with van der Waals surface area (Å²) in [7, 11) is 1.97. The summed E-state index contributed by atoms with van der Waals surface area (Å²) in [5, 5.41) is 7.92. The van der Waals surface area contributed by atoms with Gasteiger partial charge in [-0.15, -0.1) is 0 Å². The molecule has 1 N–H and O–H groups in total. The molecule has 0 spiro atoms. The predicted molar refractivity (Wildman–Crippen MR) is 80.7 cm³/mol. The molecule has 0 bridgehead atoms. The van der Waals surface area contributed by atoms with Gasteiger partial charge in [-0.25, -0.2) is 0 Å². The summed E-state index contributed by atoms with van der Waals surface area (Å²) in [6.45, 7) is 4.25. The Labute approximate surface area is 120 Å². The molecule has 0 aliphatic heterocycles. The summed E-state index contributed by atoms with van der Waals surface area (Å²) in [6, 6.07) is 0.550. The van der Waals surface area contributed by atoms with Crippen LogP contribution in [0.3, 0.4) is 0 Å². The largest absolute Gasteiger partial charge is 0.349 e. The van der Waals surface area contributed by atoms with Crippen LogP contribution in [0, 0.1) is 0 Å². The van der Waals surface area contributed by atoms with Crippen LogP contribution in [0.4, 0.5) is 0 Å². The second-order valence-electron chi connectivity index (χ2n) is 5.83. The Morgan fingerprint density at radius 3 is 3.00 bits per heavy atom. The number of rotatable bonds is 5. The van der Waals surface area contributed by atoms with Gasteiger partial charge in [-0.05, 0) is 43.4 Å². The van der Waals surface area contributed by atoms with Crippen LogP contribution in [-0.4, -0.2) is 20.9 Å². The highest BCUT2D eigenvalue weighted by molar-refractivity contribution is 5.30. The van der Waals surface area contributed by atoms with Crippen molar-refractivity contribution in [3.8, 4) is 0 Å². The molecule has 0 aromatic carbocycles. The molecule has 0 fully saturated rings. The van der Waals surface area contributed by atoms with Crippen molar-refractivity contribution in [1.29, 1.82) is 0 Å². The van der Waals surface area contributed by atoms with Crippen LogP contribution in [-0.2, 0) is 20.0 Å². The highest BCUT2D eigenvalue weighted by Crippen LogP contribution is 2.30. The van der Waals surface area contributed by atoms with Crippen molar-refractivity contribution in [2.45, 2.75) is 45.2 Å². The number of nitrogens with one attached hydrogen (secondary N) is 1. The third-order valence-corrected chi connectivity index (χ3v) is 4.08. The van der Waals surface area contributed by atoms with Crippen molar-refractivity contribution in [2.24, 2.45) is 7.05 Å². The monoisotopic (exact) mass is 272 g/mol. The molecular formula is C16H24N4. The third kappa shape index (κ3) is 2.80. The van der Waals surface area contributed by atoms with Gasteiger partial charge < -0.3 is 9.88 Å². The van der Waals surface area contributed by atoms with E-state index in [9.17, 15) is 0 Å². The molecule has 108 valence electrons.